The van der Waals surface area contributed by atoms with Crippen molar-refractivity contribution in [3.63, 3.8) is 0 Å². The molecule has 0 aromatic carbocycles. The number of carbonyl (C=O) groups is 2. The van der Waals surface area contributed by atoms with E-state index in [-0.39, 0.29) is 17.8 Å². The zero-order chi connectivity index (χ0) is 15.8. The summed E-state index contributed by atoms with van der Waals surface area (Å²) in [4.78, 5) is 26.2. The molecule has 0 unspecified atom stereocenters. The van der Waals surface area contributed by atoms with Crippen LogP contribution in [0.5, 0.6) is 0 Å². The van der Waals surface area contributed by atoms with E-state index in [0.717, 1.165) is 6.42 Å². The van der Waals surface area contributed by atoms with Crippen molar-refractivity contribution in [2.24, 2.45) is 17.8 Å². The average molecular weight is 295 g/mol. The van der Waals surface area contributed by atoms with Gasteiger partial charge in [-0.2, -0.15) is 0 Å². The standard InChI is InChI=1S/C16H25NO4/c1-10-7-6-8-11-9-17(15(19)21-16(2,3)4)13(12(10)11)14(18)20-5/h6-7,10-13H,8-9H2,1-5H3/t10-,11+,12+,13+/m1/s1. The number of hydrogen-bond donors (Lipinski definition) is 0. The molecule has 1 amide bonds. The highest BCUT2D eigenvalue weighted by Gasteiger charge is 2.51. The van der Waals surface area contributed by atoms with Crippen LogP contribution in [0.4, 0.5) is 4.79 Å². The second kappa shape index (κ2) is 5.70. The molecule has 1 fully saturated rings. The molecule has 1 saturated heterocycles. The maximum absolute atomic E-state index is 12.4. The number of allylic oxidation sites excluding steroid dienone is 2. The molecule has 4 atom stereocenters. The number of ether oxygens (including phenoxy) is 2. The lowest BCUT2D eigenvalue weighted by Gasteiger charge is -2.31. The lowest BCUT2D eigenvalue weighted by Crippen LogP contribution is -2.47. The van der Waals surface area contributed by atoms with E-state index < -0.39 is 17.7 Å². The lowest BCUT2D eigenvalue weighted by atomic mass is 9.75. The number of amides is 1. The van der Waals surface area contributed by atoms with E-state index >= 15 is 0 Å². The summed E-state index contributed by atoms with van der Waals surface area (Å²) in [6, 6.07) is -0.546. The van der Waals surface area contributed by atoms with Gasteiger partial charge in [0.2, 0.25) is 0 Å². The fourth-order valence-electron chi connectivity index (χ4n) is 3.41. The van der Waals surface area contributed by atoms with Crippen LogP contribution in [0.15, 0.2) is 12.2 Å². The van der Waals surface area contributed by atoms with Crippen molar-refractivity contribution >= 4 is 12.1 Å². The van der Waals surface area contributed by atoms with Crippen molar-refractivity contribution in [1.29, 1.82) is 0 Å². The first-order chi connectivity index (χ1) is 9.74. The third-order valence-corrected chi connectivity index (χ3v) is 4.23. The Morgan fingerprint density at radius 1 is 1.29 bits per heavy atom. The molecule has 118 valence electrons. The van der Waals surface area contributed by atoms with Gasteiger partial charge in [0, 0.05) is 12.5 Å². The lowest BCUT2D eigenvalue weighted by molar-refractivity contribution is -0.147. The van der Waals surface area contributed by atoms with Gasteiger partial charge in [0.1, 0.15) is 11.6 Å². The van der Waals surface area contributed by atoms with Gasteiger partial charge < -0.3 is 9.47 Å². The van der Waals surface area contributed by atoms with Crippen molar-refractivity contribution in [2.75, 3.05) is 13.7 Å². The molecule has 5 heteroatoms. The molecule has 1 aliphatic heterocycles. The van der Waals surface area contributed by atoms with E-state index in [1.54, 1.807) is 4.90 Å². The first kappa shape index (κ1) is 15.9. The molecule has 0 radical (unpaired) electrons. The van der Waals surface area contributed by atoms with Crippen LogP contribution >= 0.6 is 0 Å². The number of methoxy groups -OCH3 is 1. The van der Waals surface area contributed by atoms with Crippen molar-refractivity contribution in [3.05, 3.63) is 12.2 Å². The molecular formula is C16H25NO4. The Balaban J connectivity index is 2.25. The van der Waals surface area contributed by atoms with Crippen LogP contribution in [0.25, 0.3) is 0 Å². The topological polar surface area (TPSA) is 55.8 Å². The van der Waals surface area contributed by atoms with Crippen LogP contribution < -0.4 is 0 Å². The highest BCUT2D eigenvalue weighted by Crippen LogP contribution is 2.41. The van der Waals surface area contributed by atoms with E-state index in [0.29, 0.717) is 12.5 Å². The van der Waals surface area contributed by atoms with E-state index in [2.05, 4.69) is 19.1 Å². The minimum absolute atomic E-state index is 0.106. The largest absolute Gasteiger partial charge is 0.467 e. The second-order valence-electron chi connectivity index (χ2n) is 6.96. The number of nitrogens with zero attached hydrogens (tertiary/aromatic N) is 1. The van der Waals surface area contributed by atoms with Crippen molar-refractivity contribution in [2.45, 2.75) is 45.8 Å². The fourth-order valence-corrected chi connectivity index (χ4v) is 3.41. The summed E-state index contributed by atoms with van der Waals surface area (Å²) in [5, 5.41) is 0. The van der Waals surface area contributed by atoms with E-state index in [9.17, 15) is 9.59 Å². The van der Waals surface area contributed by atoms with Crippen LogP contribution in [-0.4, -0.2) is 42.3 Å². The minimum Gasteiger partial charge on any atom is -0.467 e. The van der Waals surface area contributed by atoms with Crippen LogP contribution in [0.3, 0.4) is 0 Å². The first-order valence-corrected chi connectivity index (χ1v) is 7.48. The summed E-state index contributed by atoms with van der Waals surface area (Å²) in [6.45, 7) is 8.11. The highest BCUT2D eigenvalue weighted by atomic mass is 16.6. The van der Waals surface area contributed by atoms with Crippen molar-refractivity contribution < 1.29 is 19.1 Å². The van der Waals surface area contributed by atoms with Crippen LogP contribution in [-0.2, 0) is 14.3 Å². The zero-order valence-electron chi connectivity index (χ0n) is 13.5. The molecule has 1 heterocycles. The van der Waals surface area contributed by atoms with Gasteiger partial charge in [-0.3, -0.25) is 4.90 Å². The van der Waals surface area contributed by atoms with Gasteiger partial charge in [0.15, 0.2) is 0 Å². The minimum atomic E-state index is -0.574. The smallest absolute Gasteiger partial charge is 0.411 e. The summed E-state index contributed by atoms with van der Waals surface area (Å²) in [5.41, 5.74) is -0.574. The van der Waals surface area contributed by atoms with Gasteiger partial charge in [-0.05, 0) is 39.0 Å². The van der Waals surface area contributed by atoms with Crippen LogP contribution in [0.2, 0.25) is 0 Å². The summed E-state index contributed by atoms with van der Waals surface area (Å²) in [6.07, 6.45) is 4.72. The Kier molecular flexibility index (Phi) is 4.30. The number of likely N-dealkylation sites (tertiary alicyclic amines) is 1. The van der Waals surface area contributed by atoms with Gasteiger partial charge in [0.05, 0.1) is 7.11 Å². The number of fused-ring (bicyclic) bond motifs is 1. The molecule has 0 spiro atoms. The Bertz CT molecular complexity index is 452. The third-order valence-electron chi connectivity index (χ3n) is 4.23. The summed E-state index contributed by atoms with van der Waals surface area (Å²) >= 11 is 0. The summed E-state index contributed by atoms with van der Waals surface area (Å²) < 4.78 is 10.4. The van der Waals surface area contributed by atoms with Gasteiger partial charge in [0.25, 0.3) is 0 Å². The normalized spacial score (nSPS) is 31.8. The molecule has 0 N–H and O–H groups in total. The monoisotopic (exact) mass is 295 g/mol. The molecule has 21 heavy (non-hydrogen) atoms. The zero-order valence-corrected chi connectivity index (χ0v) is 13.5. The quantitative estimate of drug-likeness (QED) is 0.551. The molecule has 2 rings (SSSR count). The van der Waals surface area contributed by atoms with Crippen LogP contribution in [0.1, 0.15) is 34.1 Å². The number of rotatable bonds is 1. The molecule has 2 aliphatic rings. The fraction of sp³-hybridized carbons (Fsp3) is 0.750. The summed E-state index contributed by atoms with van der Waals surface area (Å²) in [5.74, 6) is 0.299. The third kappa shape index (κ3) is 3.22. The highest BCUT2D eigenvalue weighted by molar-refractivity contribution is 5.82. The first-order valence-electron chi connectivity index (χ1n) is 7.48. The van der Waals surface area contributed by atoms with Crippen molar-refractivity contribution in [3.8, 4) is 0 Å². The van der Waals surface area contributed by atoms with Gasteiger partial charge in [-0.25, -0.2) is 9.59 Å². The molecule has 5 nitrogen and oxygen atoms in total. The van der Waals surface area contributed by atoms with Gasteiger partial charge in [-0.15, -0.1) is 0 Å². The molecule has 0 saturated carbocycles. The molecule has 1 aliphatic carbocycles. The predicted molar refractivity (Wildman–Crippen MR) is 78.6 cm³/mol. The van der Waals surface area contributed by atoms with Gasteiger partial charge in [-0.1, -0.05) is 19.1 Å². The number of hydrogen-bond acceptors (Lipinski definition) is 4. The van der Waals surface area contributed by atoms with E-state index in [1.165, 1.54) is 7.11 Å². The Morgan fingerprint density at radius 3 is 2.52 bits per heavy atom. The predicted octanol–water partition coefficient (Wildman–Crippen LogP) is 2.61. The van der Waals surface area contributed by atoms with E-state index in [1.807, 2.05) is 20.8 Å². The maximum Gasteiger partial charge on any atom is 0.411 e. The van der Waals surface area contributed by atoms with E-state index in [4.69, 9.17) is 9.47 Å². The van der Waals surface area contributed by atoms with Gasteiger partial charge >= 0.3 is 12.1 Å². The average Bonchev–Trinajstić information content (AvgIpc) is 2.77. The SMILES string of the molecule is COC(=O)[C@@H]1[C@@H]2[C@@H](CC=C[C@H]2C)CN1C(=O)OC(C)(C)C. The van der Waals surface area contributed by atoms with Crippen molar-refractivity contribution in [1.82, 2.24) is 4.90 Å². The molecule has 0 aromatic heterocycles. The number of esters is 1. The van der Waals surface area contributed by atoms with Crippen LogP contribution in [0, 0.1) is 17.8 Å². The molecule has 0 aromatic rings. The maximum atomic E-state index is 12.4. The molecule has 0 bridgehead atoms. The number of carbonyl (C=O) groups excluding carboxylic acids is 2. The Labute approximate surface area is 126 Å². The second-order valence-corrected chi connectivity index (χ2v) is 6.96. The Hall–Kier alpha value is -1.52. The summed E-state index contributed by atoms with van der Waals surface area (Å²) in [7, 11) is 1.37. The molecular weight excluding hydrogens is 270 g/mol. The Morgan fingerprint density at radius 2 is 1.95 bits per heavy atom.